The van der Waals surface area contributed by atoms with Crippen LogP contribution in [0.25, 0.3) is 0 Å². The molecule has 0 bridgehead atoms. The quantitative estimate of drug-likeness (QED) is 0.628. The Balaban J connectivity index is 2.88. The summed E-state index contributed by atoms with van der Waals surface area (Å²) in [6, 6.07) is 6.87. The summed E-state index contributed by atoms with van der Waals surface area (Å²) in [5.41, 5.74) is 0.761. The van der Waals surface area contributed by atoms with Crippen LogP contribution in [0.4, 0.5) is 0 Å². The third-order valence-electron chi connectivity index (χ3n) is 2.02. The summed E-state index contributed by atoms with van der Waals surface area (Å²) >= 11 is 5.73. The number of ether oxygens (including phenoxy) is 1. The lowest BCUT2D eigenvalue weighted by atomic mass is 10.0. The van der Waals surface area contributed by atoms with E-state index < -0.39 is 5.92 Å². The van der Waals surface area contributed by atoms with E-state index in [-0.39, 0.29) is 12.6 Å². The Morgan fingerprint density at radius 3 is 2.53 bits per heavy atom. The fraction of sp³-hybridized carbons (Fsp3) is 0.300. The van der Waals surface area contributed by atoms with Gasteiger partial charge < -0.3 is 9.57 Å². The number of methoxy groups -OCH3 is 1. The van der Waals surface area contributed by atoms with Gasteiger partial charge in [0.05, 0.1) is 13.7 Å². The first-order valence-electron chi connectivity index (χ1n) is 4.34. The van der Waals surface area contributed by atoms with Crippen LogP contribution in [0.1, 0.15) is 11.5 Å². The van der Waals surface area contributed by atoms with Crippen molar-refractivity contribution >= 4 is 17.6 Å². The maximum atomic E-state index is 11.4. The number of nitrogens with two attached hydrogens (primary N) is 1. The van der Waals surface area contributed by atoms with Crippen LogP contribution in [-0.4, -0.2) is 19.7 Å². The van der Waals surface area contributed by atoms with E-state index in [1.54, 1.807) is 24.3 Å². The number of esters is 1. The lowest BCUT2D eigenvalue weighted by Crippen LogP contribution is -2.21. The molecule has 1 aromatic rings. The van der Waals surface area contributed by atoms with E-state index in [1.807, 2.05) is 0 Å². The molecule has 1 atom stereocenters. The Labute approximate surface area is 92.9 Å². The number of carbonyl (C=O) groups excluding carboxylic acids is 1. The lowest BCUT2D eigenvalue weighted by molar-refractivity contribution is -0.144. The molecule has 4 nitrogen and oxygen atoms in total. The molecule has 5 heteroatoms. The molecule has 0 aromatic heterocycles. The fourth-order valence-electron chi connectivity index (χ4n) is 1.23. The Morgan fingerprint density at radius 1 is 1.47 bits per heavy atom. The van der Waals surface area contributed by atoms with Gasteiger partial charge in [0.25, 0.3) is 0 Å². The zero-order valence-electron chi connectivity index (χ0n) is 8.27. The normalized spacial score (nSPS) is 12.2. The SMILES string of the molecule is COC(=O)C(CON)c1ccc(Cl)cc1. The first kappa shape index (κ1) is 12.0. The van der Waals surface area contributed by atoms with Crippen LogP contribution in [0.2, 0.25) is 5.02 Å². The summed E-state index contributed by atoms with van der Waals surface area (Å²) in [6.45, 7) is 0.0777. The summed E-state index contributed by atoms with van der Waals surface area (Å²) in [4.78, 5) is 15.9. The van der Waals surface area contributed by atoms with Crippen LogP contribution in [0, 0.1) is 0 Å². The van der Waals surface area contributed by atoms with Gasteiger partial charge in [0, 0.05) is 5.02 Å². The standard InChI is InChI=1S/C10H12ClNO3/c1-14-10(13)9(6-15-12)7-2-4-8(11)5-3-7/h2-5,9H,6,12H2,1H3. The van der Waals surface area contributed by atoms with Crippen molar-refractivity contribution in [3.05, 3.63) is 34.9 Å². The third kappa shape index (κ3) is 3.20. The molecule has 2 N–H and O–H groups in total. The number of benzene rings is 1. The molecular formula is C10H12ClNO3. The highest BCUT2D eigenvalue weighted by Crippen LogP contribution is 2.19. The lowest BCUT2D eigenvalue weighted by Gasteiger charge is -2.13. The van der Waals surface area contributed by atoms with Crippen molar-refractivity contribution in [2.45, 2.75) is 5.92 Å². The molecule has 0 aliphatic rings. The number of halogens is 1. The summed E-state index contributed by atoms with van der Waals surface area (Å²) in [7, 11) is 1.32. The molecule has 15 heavy (non-hydrogen) atoms. The molecule has 0 saturated carbocycles. The Bertz CT molecular complexity index is 326. The van der Waals surface area contributed by atoms with Crippen LogP contribution in [0.5, 0.6) is 0 Å². The van der Waals surface area contributed by atoms with E-state index in [4.69, 9.17) is 17.5 Å². The van der Waals surface area contributed by atoms with Crippen LogP contribution in [-0.2, 0) is 14.4 Å². The molecule has 1 aromatic carbocycles. The highest BCUT2D eigenvalue weighted by molar-refractivity contribution is 6.30. The second-order valence-corrected chi connectivity index (χ2v) is 3.40. The number of rotatable bonds is 4. The molecule has 0 fully saturated rings. The molecule has 0 heterocycles. The van der Waals surface area contributed by atoms with Gasteiger partial charge in [-0.2, -0.15) is 0 Å². The molecule has 1 unspecified atom stereocenters. The fourth-order valence-corrected chi connectivity index (χ4v) is 1.36. The second kappa shape index (κ2) is 5.70. The number of hydrogen-bond acceptors (Lipinski definition) is 4. The van der Waals surface area contributed by atoms with Gasteiger partial charge in [-0.15, -0.1) is 0 Å². The predicted molar refractivity (Wildman–Crippen MR) is 56.3 cm³/mol. The van der Waals surface area contributed by atoms with E-state index in [0.29, 0.717) is 5.02 Å². The minimum absolute atomic E-state index is 0.0777. The van der Waals surface area contributed by atoms with Crippen molar-refractivity contribution in [3.63, 3.8) is 0 Å². The number of hydrogen-bond donors (Lipinski definition) is 1. The van der Waals surface area contributed by atoms with Gasteiger partial charge in [0.2, 0.25) is 0 Å². The van der Waals surface area contributed by atoms with Crippen LogP contribution in [0.3, 0.4) is 0 Å². The number of carbonyl (C=O) groups is 1. The largest absolute Gasteiger partial charge is 0.468 e. The van der Waals surface area contributed by atoms with Gasteiger partial charge in [-0.05, 0) is 17.7 Å². The van der Waals surface area contributed by atoms with Gasteiger partial charge in [-0.25, -0.2) is 5.90 Å². The van der Waals surface area contributed by atoms with Gasteiger partial charge in [-0.3, -0.25) is 4.79 Å². The zero-order valence-corrected chi connectivity index (χ0v) is 9.03. The maximum Gasteiger partial charge on any atom is 0.315 e. The first-order valence-corrected chi connectivity index (χ1v) is 4.71. The molecular weight excluding hydrogens is 218 g/mol. The summed E-state index contributed by atoms with van der Waals surface area (Å²) in [6.07, 6.45) is 0. The minimum Gasteiger partial charge on any atom is -0.468 e. The Hall–Kier alpha value is -1.10. The van der Waals surface area contributed by atoms with Crippen molar-refractivity contribution in [2.75, 3.05) is 13.7 Å². The molecule has 82 valence electrons. The predicted octanol–water partition coefficient (Wildman–Crippen LogP) is 1.49. The molecule has 0 amide bonds. The highest BCUT2D eigenvalue weighted by Gasteiger charge is 2.21. The van der Waals surface area contributed by atoms with Crippen molar-refractivity contribution in [1.29, 1.82) is 0 Å². The van der Waals surface area contributed by atoms with Crippen molar-refractivity contribution in [1.82, 2.24) is 0 Å². The summed E-state index contributed by atoms with van der Waals surface area (Å²) in [5.74, 6) is 4.05. The topological polar surface area (TPSA) is 61.5 Å². The van der Waals surface area contributed by atoms with Gasteiger partial charge >= 0.3 is 5.97 Å². The van der Waals surface area contributed by atoms with E-state index in [2.05, 4.69) is 9.57 Å². The van der Waals surface area contributed by atoms with Gasteiger partial charge in [0.1, 0.15) is 5.92 Å². The van der Waals surface area contributed by atoms with Crippen molar-refractivity contribution in [2.24, 2.45) is 5.90 Å². The van der Waals surface area contributed by atoms with Crippen LogP contribution in [0.15, 0.2) is 24.3 Å². The van der Waals surface area contributed by atoms with Crippen molar-refractivity contribution < 1.29 is 14.4 Å². The third-order valence-corrected chi connectivity index (χ3v) is 2.27. The average molecular weight is 230 g/mol. The molecule has 0 aliphatic carbocycles. The first-order chi connectivity index (χ1) is 7.19. The molecule has 0 saturated heterocycles. The van der Waals surface area contributed by atoms with E-state index >= 15 is 0 Å². The second-order valence-electron chi connectivity index (χ2n) is 2.96. The molecule has 0 spiro atoms. The van der Waals surface area contributed by atoms with Crippen LogP contribution < -0.4 is 5.90 Å². The zero-order chi connectivity index (χ0) is 11.3. The van der Waals surface area contributed by atoms with E-state index in [9.17, 15) is 4.79 Å². The van der Waals surface area contributed by atoms with Gasteiger partial charge in [0.15, 0.2) is 0 Å². The molecule has 0 radical (unpaired) electrons. The summed E-state index contributed by atoms with van der Waals surface area (Å²) < 4.78 is 4.64. The molecule has 1 rings (SSSR count). The Kier molecular flexibility index (Phi) is 4.55. The van der Waals surface area contributed by atoms with Crippen LogP contribution >= 0.6 is 11.6 Å². The van der Waals surface area contributed by atoms with E-state index in [0.717, 1.165) is 5.56 Å². The highest BCUT2D eigenvalue weighted by atomic mass is 35.5. The van der Waals surface area contributed by atoms with E-state index in [1.165, 1.54) is 7.11 Å². The van der Waals surface area contributed by atoms with Gasteiger partial charge in [-0.1, -0.05) is 23.7 Å². The molecule has 0 aliphatic heterocycles. The van der Waals surface area contributed by atoms with Crippen molar-refractivity contribution in [3.8, 4) is 0 Å². The smallest absolute Gasteiger partial charge is 0.315 e. The Morgan fingerprint density at radius 2 is 2.07 bits per heavy atom. The summed E-state index contributed by atoms with van der Waals surface area (Å²) in [5, 5.41) is 0.607. The monoisotopic (exact) mass is 229 g/mol. The maximum absolute atomic E-state index is 11.4. The minimum atomic E-state index is -0.516. The average Bonchev–Trinajstić information content (AvgIpc) is 2.26.